The summed E-state index contributed by atoms with van der Waals surface area (Å²) in [6.07, 6.45) is 3.07. The van der Waals surface area contributed by atoms with Crippen LogP contribution >= 0.6 is 0 Å². The predicted octanol–water partition coefficient (Wildman–Crippen LogP) is 4.89. The van der Waals surface area contributed by atoms with Gasteiger partial charge in [0.1, 0.15) is 5.82 Å². The van der Waals surface area contributed by atoms with Gasteiger partial charge in [0, 0.05) is 33.6 Å². The molecule has 0 aliphatic rings. The number of aromatic carboxylic acids is 1. The molecule has 1 N–H and O–H groups in total. The normalized spacial score (nSPS) is 11.6. The zero-order chi connectivity index (χ0) is 23.1. The first-order valence-corrected chi connectivity index (χ1v) is 10.9. The molecule has 170 valence electrons. The number of carbonyl (C=O) groups is 1. The van der Waals surface area contributed by atoms with Gasteiger partial charge in [-0.15, -0.1) is 0 Å². The number of rotatable bonds is 11. The monoisotopic (exact) mass is 437 g/mol. The van der Waals surface area contributed by atoms with Crippen LogP contribution in [0, 0.1) is 0 Å². The number of hydrogen-bond donors (Lipinski definition) is 1. The lowest BCUT2D eigenvalue weighted by molar-refractivity contribution is -0.225. The maximum absolute atomic E-state index is 11.5. The Labute approximate surface area is 189 Å². The van der Waals surface area contributed by atoms with Crippen molar-refractivity contribution in [3.8, 4) is 11.1 Å². The van der Waals surface area contributed by atoms with E-state index in [4.69, 9.17) is 19.6 Å². The second kappa shape index (κ2) is 10.5. The van der Waals surface area contributed by atoms with Crippen LogP contribution in [-0.2, 0) is 28.2 Å². The molecule has 0 aliphatic heterocycles. The summed E-state index contributed by atoms with van der Waals surface area (Å²) in [5.74, 6) is -0.501. The summed E-state index contributed by atoms with van der Waals surface area (Å²) >= 11 is 0. The number of aromatic nitrogens is 3. The first-order valence-electron chi connectivity index (χ1n) is 10.9. The molecule has 1 aromatic heterocycles. The first-order chi connectivity index (χ1) is 15.5. The highest BCUT2D eigenvalue weighted by molar-refractivity contribution is 5.95. The standard InChI is InChI=1S/C25H31N3O4/c1-5-15-25(31-3,32-4)24-26-22(28(27-24)16-6-2)17-18-11-13-19(14-12-18)20-9-7-8-10-21(20)23(29)30/h7-14H,5-6,15-17H2,1-4H3,(H,29,30). The molecule has 0 bridgehead atoms. The minimum atomic E-state index is -0.951. The van der Waals surface area contributed by atoms with Gasteiger partial charge < -0.3 is 14.6 Å². The van der Waals surface area contributed by atoms with E-state index in [9.17, 15) is 9.90 Å². The number of carboxylic acid groups (broad SMARTS) is 1. The molecule has 2 aromatic carbocycles. The summed E-state index contributed by atoms with van der Waals surface area (Å²) in [4.78, 5) is 16.3. The van der Waals surface area contributed by atoms with E-state index >= 15 is 0 Å². The van der Waals surface area contributed by atoms with Crippen molar-refractivity contribution in [2.45, 2.75) is 51.9 Å². The van der Waals surface area contributed by atoms with Crippen LogP contribution < -0.4 is 0 Å². The lowest BCUT2D eigenvalue weighted by Gasteiger charge is -2.27. The van der Waals surface area contributed by atoms with Gasteiger partial charge in [0.15, 0.2) is 0 Å². The van der Waals surface area contributed by atoms with Gasteiger partial charge in [0.25, 0.3) is 0 Å². The molecule has 0 atom stereocenters. The third-order valence-electron chi connectivity index (χ3n) is 5.55. The first kappa shape index (κ1) is 23.6. The van der Waals surface area contributed by atoms with Crippen LogP contribution in [0.4, 0.5) is 0 Å². The Balaban J connectivity index is 1.90. The van der Waals surface area contributed by atoms with E-state index in [0.29, 0.717) is 29.8 Å². The third kappa shape index (κ3) is 4.89. The number of nitrogens with zero attached hydrogens (tertiary/aromatic N) is 3. The minimum Gasteiger partial charge on any atom is -0.478 e. The quantitative estimate of drug-likeness (QED) is 0.430. The smallest absolute Gasteiger partial charge is 0.336 e. The van der Waals surface area contributed by atoms with E-state index in [1.807, 2.05) is 41.1 Å². The molecule has 3 rings (SSSR count). The zero-order valence-corrected chi connectivity index (χ0v) is 19.2. The molecule has 0 aliphatic carbocycles. The van der Waals surface area contributed by atoms with Gasteiger partial charge in [-0.25, -0.2) is 14.5 Å². The molecular formula is C25H31N3O4. The summed E-state index contributed by atoms with van der Waals surface area (Å²) in [5.41, 5.74) is 2.92. The van der Waals surface area contributed by atoms with Crippen LogP contribution in [0.5, 0.6) is 0 Å². The lowest BCUT2D eigenvalue weighted by Crippen LogP contribution is -2.32. The zero-order valence-electron chi connectivity index (χ0n) is 19.2. The van der Waals surface area contributed by atoms with Crippen molar-refractivity contribution in [2.75, 3.05) is 14.2 Å². The number of hydrogen-bond acceptors (Lipinski definition) is 5. The van der Waals surface area contributed by atoms with E-state index in [2.05, 4.69) is 13.8 Å². The molecule has 0 fully saturated rings. The Morgan fingerprint density at radius 2 is 1.72 bits per heavy atom. The Kier molecular flexibility index (Phi) is 7.77. The summed E-state index contributed by atoms with van der Waals surface area (Å²) in [6, 6.07) is 14.9. The SMILES string of the molecule is CCCn1nc(C(CCC)(OC)OC)nc1Cc1ccc(-c2ccccc2C(=O)O)cc1. The summed E-state index contributed by atoms with van der Waals surface area (Å²) in [7, 11) is 3.24. The lowest BCUT2D eigenvalue weighted by atomic mass is 9.98. The number of aryl methyl sites for hydroxylation is 1. The van der Waals surface area contributed by atoms with E-state index in [0.717, 1.165) is 36.3 Å². The highest BCUT2D eigenvalue weighted by Crippen LogP contribution is 2.30. The van der Waals surface area contributed by atoms with Gasteiger partial charge in [-0.2, -0.15) is 5.10 Å². The number of methoxy groups -OCH3 is 2. The highest BCUT2D eigenvalue weighted by Gasteiger charge is 2.36. The fourth-order valence-electron chi connectivity index (χ4n) is 3.87. The molecule has 0 saturated heterocycles. The highest BCUT2D eigenvalue weighted by atomic mass is 16.7. The van der Waals surface area contributed by atoms with Crippen molar-refractivity contribution >= 4 is 5.97 Å². The van der Waals surface area contributed by atoms with E-state index in [-0.39, 0.29) is 0 Å². The maximum Gasteiger partial charge on any atom is 0.336 e. The predicted molar refractivity (Wildman–Crippen MR) is 123 cm³/mol. The molecule has 0 unspecified atom stereocenters. The number of ether oxygens (including phenoxy) is 2. The summed E-state index contributed by atoms with van der Waals surface area (Å²) in [6.45, 7) is 4.93. The van der Waals surface area contributed by atoms with Gasteiger partial charge in [-0.3, -0.25) is 0 Å². The fraction of sp³-hybridized carbons (Fsp3) is 0.400. The van der Waals surface area contributed by atoms with Crippen LogP contribution in [0.15, 0.2) is 48.5 Å². The Bertz CT molecular complexity index is 1040. The van der Waals surface area contributed by atoms with Crippen LogP contribution in [0.25, 0.3) is 11.1 Å². The second-order valence-electron chi connectivity index (χ2n) is 7.71. The van der Waals surface area contributed by atoms with Gasteiger partial charge >= 0.3 is 5.97 Å². The van der Waals surface area contributed by atoms with E-state index in [1.54, 1.807) is 26.4 Å². The molecule has 0 spiro atoms. The van der Waals surface area contributed by atoms with Crippen molar-refractivity contribution in [1.29, 1.82) is 0 Å². The van der Waals surface area contributed by atoms with Gasteiger partial charge in [-0.1, -0.05) is 62.7 Å². The molecule has 1 heterocycles. The molecular weight excluding hydrogens is 406 g/mol. The number of carboxylic acids is 1. The largest absolute Gasteiger partial charge is 0.478 e. The summed E-state index contributed by atoms with van der Waals surface area (Å²) < 4.78 is 13.3. The Morgan fingerprint density at radius 1 is 1.03 bits per heavy atom. The van der Waals surface area contributed by atoms with Crippen LogP contribution in [-0.4, -0.2) is 40.1 Å². The maximum atomic E-state index is 11.5. The Hall–Kier alpha value is -3.03. The molecule has 3 aromatic rings. The van der Waals surface area contributed by atoms with Crippen LogP contribution in [0.3, 0.4) is 0 Å². The topological polar surface area (TPSA) is 86.5 Å². The average molecular weight is 438 g/mol. The Morgan fingerprint density at radius 3 is 2.31 bits per heavy atom. The van der Waals surface area contributed by atoms with Crippen molar-refractivity contribution in [1.82, 2.24) is 14.8 Å². The molecule has 7 heteroatoms. The van der Waals surface area contributed by atoms with Crippen LogP contribution in [0.1, 0.15) is 60.7 Å². The van der Waals surface area contributed by atoms with Gasteiger partial charge in [-0.05, 0) is 29.2 Å². The number of benzene rings is 2. The average Bonchev–Trinajstić information content (AvgIpc) is 3.21. The van der Waals surface area contributed by atoms with Crippen molar-refractivity contribution < 1.29 is 19.4 Å². The molecule has 32 heavy (non-hydrogen) atoms. The molecule has 0 amide bonds. The van der Waals surface area contributed by atoms with Gasteiger partial charge in [0.2, 0.25) is 11.6 Å². The molecule has 0 radical (unpaired) electrons. The minimum absolute atomic E-state index is 0.291. The van der Waals surface area contributed by atoms with E-state index in [1.165, 1.54) is 0 Å². The van der Waals surface area contributed by atoms with Crippen molar-refractivity contribution in [3.63, 3.8) is 0 Å². The van der Waals surface area contributed by atoms with Crippen LogP contribution in [0.2, 0.25) is 0 Å². The molecule has 0 saturated carbocycles. The third-order valence-corrected chi connectivity index (χ3v) is 5.55. The molecule has 7 nitrogen and oxygen atoms in total. The van der Waals surface area contributed by atoms with Crippen molar-refractivity contribution in [2.24, 2.45) is 0 Å². The van der Waals surface area contributed by atoms with Crippen molar-refractivity contribution in [3.05, 3.63) is 71.3 Å². The van der Waals surface area contributed by atoms with Gasteiger partial charge in [0.05, 0.1) is 5.56 Å². The summed E-state index contributed by atoms with van der Waals surface area (Å²) in [5, 5.41) is 14.2. The van der Waals surface area contributed by atoms with E-state index < -0.39 is 11.8 Å². The fourth-order valence-corrected chi connectivity index (χ4v) is 3.87. The second-order valence-corrected chi connectivity index (χ2v) is 7.71.